The van der Waals surface area contributed by atoms with Gasteiger partial charge in [0.2, 0.25) is 5.89 Å². The Morgan fingerprint density at radius 2 is 1.79 bits per heavy atom. The first kappa shape index (κ1) is 17.7. The molecule has 3 heterocycles. The van der Waals surface area contributed by atoms with E-state index < -0.39 is 0 Å². The highest BCUT2D eigenvalue weighted by Crippen LogP contribution is 2.35. The van der Waals surface area contributed by atoms with E-state index in [2.05, 4.69) is 15.0 Å². The molecule has 7 nitrogen and oxygen atoms in total. The zero-order chi connectivity index (χ0) is 19.1. The molecule has 1 saturated carbocycles. The molecule has 0 bridgehead atoms. The quantitative estimate of drug-likeness (QED) is 0.693. The molecule has 1 aliphatic carbocycles. The summed E-state index contributed by atoms with van der Waals surface area (Å²) < 4.78 is 8.94. The zero-order valence-electron chi connectivity index (χ0n) is 16.4. The summed E-state index contributed by atoms with van der Waals surface area (Å²) in [7, 11) is 0. The lowest BCUT2D eigenvalue weighted by Gasteiger charge is -2.33. The lowest BCUT2D eigenvalue weighted by Crippen LogP contribution is -2.35. The molecule has 0 spiro atoms. The van der Waals surface area contributed by atoms with Crippen LogP contribution in [0.25, 0.3) is 17.0 Å². The lowest BCUT2D eigenvalue weighted by atomic mass is 9.85. The SMILES string of the molecule is CCn1c(=O)n(-c2noc(C3CCC(N4CCCC4)CC3)n2)c2ccccc21. The molecule has 28 heavy (non-hydrogen) atoms. The fourth-order valence-electron chi connectivity index (χ4n) is 4.99. The van der Waals surface area contributed by atoms with Crippen LogP contribution in [0.4, 0.5) is 0 Å². The fourth-order valence-corrected chi connectivity index (χ4v) is 4.99. The number of likely N-dealkylation sites (tertiary alicyclic amines) is 1. The predicted octanol–water partition coefficient (Wildman–Crippen LogP) is 3.32. The van der Waals surface area contributed by atoms with Crippen LogP contribution in [0.3, 0.4) is 0 Å². The molecule has 2 aliphatic rings. The number of imidazole rings is 1. The Labute approximate surface area is 163 Å². The van der Waals surface area contributed by atoms with E-state index in [1.165, 1.54) is 38.8 Å². The van der Waals surface area contributed by atoms with Crippen molar-refractivity contribution >= 4 is 11.0 Å². The second-order valence-electron chi connectivity index (χ2n) is 8.03. The van der Waals surface area contributed by atoms with Gasteiger partial charge >= 0.3 is 5.69 Å². The minimum atomic E-state index is -0.117. The maximum Gasteiger partial charge on any atom is 0.336 e. The van der Waals surface area contributed by atoms with Gasteiger partial charge in [-0.2, -0.15) is 4.98 Å². The van der Waals surface area contributed by atoms with Crippen LogP contribution < -0.4 is 5.69 Å². The van der Waals surface area contributed by atoms with Crippen molar-refractivity contribution in [1.82, 2.24) is 24.2 Å². The maximum absolute atomic E-state index is 12.9. The van der Waals surface area contributed by atoms with Crippen LogP contribution >= 0.6 is 0 Å². The molecule has 1 aliphatic heterocycles. The molecule has 148 valence electrons. The molecule has 2 fully saturated rings. The highest BCUT2D eigenvalue weighted by molar-refractivity contribution is 5.77. The van der Waals surface area contributed by atoms with Crippen LogP contribution in [0.5, 0.6) is 0 Å². The molecule has 3 aromatic rings. The third-order valence-electron chi connectivity index (χ3n) is 6.49. The summed E-state index contributed by atoms with van der Waals surface area (Å²) in [4.78, 5) is 20.2. The summed E-state index contributed by atoms with van der Waals surface area (Å²) in [6.07, 6.45) is 7.22. The number of para-hydroxylation sites is 2. The number of rotatable bonds is 4. The molecular formula is C21H27N5O2. The largest absolute Gasteiger partial charge is 0.337 e. The number of aromatic nitrogens is 4. The lowest BCUT2D eigenvalue weighted by molar-refractivity contribution is 0.172. The van der Waals surface area contributed by atoms with Crippen molar-refractivity contribution in [2.24, 2.45) is 0 Å². The highest BCUT2D eigenvalue weighted by atomic mass is 16.5. The van der Waals surface area contributed by atoms with Crippen molar-refractivity contribution in [3.8, 4) is 5.95 Å². The topological polar surface area (TPSA) is 69.1 Å². The Balaban J connectivity index is 1.40. The van der Waals surface area contributed by atoms with Crippen molar-refractivity contribution in [2.75, 3.05) is 13.1 Å². The number of fused-ring (bicyclic) bond motifs is 1. The third-order valence-corrected chi connectivity index (χ3v) is 6.49. The average molecular weight is 381 g/mol. The Kier molecular flexibility index (Phi) is 4.55. The molecule has 0 unspecified atom stereocenters. The molecule has 2 aromatic heterocycles. The van der Waals surface area contributed by atoms with E-state index in [0.717, 1.165) is 23.9 Å². The van der Waals surface area contributed by atoms with Gasteiger partial charge < -0.3 is 9.42 Å². The van der Waals surface area contributed by atoms with Crippen LogP contribution in [0.1, 0.15) is 57.3 Å². The first-order valence-corrected chi connectivity index (χ1v) is 10.5. The highest BCUT2D eigenvalue weighted by Gasteiger charge is 2.31. The zero-order valence-corrected chi connectivity index (χ0v) is 16.4. The summed E-state index contributed by atoms with van der Waals surface area (Å²) in [6, 6.07) is 8.47. The molecule has 0 atom stereocenters. The van der Waals surface area contributed by atoms with E-state index in [4.69, 9.17) is 4.52 Å². The van der Waals surface area contributed by atoms with Crippen LogP contribution in [0.15, 0.2) is 33.6 Å². The summed E-state index contributed by atoms with van der Waals surface area (Å²) in [5.74, 6) is 1.33. The predicted molar refractivity (Wildman–Crippen MR) is 107 cm³/mol. The number of hydrogen-bond acceptors (Lipinski definition) is 5. The summed E-state index contributed by atoms with van der Waals surface area (Å²) >= 11 is 0. The van der Waals surface area contributed by atoms with Crippen LogP contribution in [0, 0.1) is 0 Å². The number of nitrogens with zero attached hydrogens (tertiary/aromatic N) is 5. The van der Waals surface area contributed by atoms with E-state index >= 15 is 0 Å². The molecule has 1 aromatic carbocycles. The van der Waals surface area contributed by atoms with Gasteiger partial charge in [0.05, 0.1) is 11.0 Å². The van der Waals surface area contributed by atoms with Crippen LogP contribution in [-0.4, -0.2) is 43.3 Å². The Bertz CT molecular complexity index is 1020. The minimum Gasteiger partial charge on any atom is -0.337 e. The summed E-state index contributed by atoms with van der Waals surface area (Å²) in [5, 5.41) is 4.17. The van der Waals surface area contributed by atoms with Gasteiger partial charge in [-0.15, -0.1) is 0 Å². The summed E-state index contributed by atoms with van der Waals surface area (Å²) in [6.45, 7) is 5.09. The Morgan fingerprint density at radius 1 is 1.07 bits per heavy atom. The first-order valence-electron chi connectivity index (χ1n) is 10.5. The normalized spacial score (nSPS) is 23.6. The van der Waals surface area contributed by atoms with Gasteiger partial charge in [0.1, 0.15) is 0 Å². The standard InChI is InChI=1S/C21H27N5O2/c1-2-25-17-7-3-4-8-18(17)26(21(25)27)20-22-19(28-23-20)15-9-11-16(12-10-15)24-13-5-6-14-24/h3-4,7-8,15-16H,2,5-6,9-14H2,1H3. The average Bonchev–Trinajstić information content (AvgIpc) is 3.47. The van der Waals surface area contributed by atoms with E-state index in [9.17, 15) is 4.79 Å². The second-order valence-corrected chi connectivity index (χ2v) is 8.03. The van der Waals surface area contributed by atoms with Crippen LogP contribution in [0.2, 0.25) is 0 Å². The first-order chi connectivity index (χ1) is 13.8. The molecular weight excluding hydrogens is 354 g/mol. The maximum atomic E-state index is 12.9. The molecule has 0 amide bonds. The Hall–Kier alpha value is -2.41. The van der Waals surface area contributed by atoms with Crippen molar-refractivity contribution in [3.63, 3.8) is 0 Å². The smallest absolute Gasteiger partial charge is 0.336 e. The molecule has 0 radical (unpaired) electrons. The van der Waals surface area contributed by atoms with Gasteiger partial charge in [0.15, 0.2) is 0 Å². The summed E-state index contributed by atoms with van der Waals surface area (Å²) in [5.41, 5.74) is 1.60. The molecule has 5 rings (SSSR count). The van der Waals surface area contributed by atoms with Gasteiger partial charge in [-0.3, -0.25) is 4.57 Å². The number of hydrogen-bond donors (Lipinski definition) is 0. The van der Waals surface area contributed by atoms with E-state index in [-0.39, 0.29) is 5.69 Å². The van der Waals surface area contributed by atoms with Crippen molar-refractivity contribution in [2.45, 2.75) is 64.0 Å². The van der Waals surface area contributed by atoms with Crippen molar-refractivity contribution in [3.05, 3.63) is 40.6 Å². The van der Waals surface area contributed by atoms with Crippen molar-refractivity contribution in [1.29, 1.82) is 0 Å². The van der Waals surface area contributed by atoms with Gasteiger partial charge in [-0.25, -0.2) is 9.36 Å². The monoisotopic (exact) mass is 381 g/mol. The third kappa shape index (κ3) is 2.89. The number of aryl methyl sites for hydroxylation is 1. The van der Waals surface area contributed by atoms with Crippen LogP contribution in [-0.2, 0) is 6.54 Å². The minimum absolute atomic E-state index is 0.117. The molecule has 0 N–H and O–H groups in total. The van der Waals surface area contributed by atoms with Crippen molar-refractivity contribution < 1.29 is 4.52 Å². The van der Waals surface area contributed by atoms with Gasteiger partial charge in [0.25, 0.3) is 5.95 Å². The fraction of sp³-hybridized carbons (Fsp3) is 0.571. The molecule has 1 saturated heterocycles. The van der Waals surface area contributed by atoms with E-state index in [0.29, 0.717) is 30.3 Å². The van der Waals surface area contributed by atoms with Gasteiger partial charge in [-0.1, -0.05) is 12.1 Å². The number of benzene rings is 1. The van der Waals surface area contributed by atoms with E-state index in [1.54, 1.807) is 9.13 Å². The van der Waals surface area contributed by atoms with Gasteiger partial charge in [-0.05, 0) is 75.8 Å². The Morgan fingerprint density at radius 3 is 2.50 bits per heavy atom. The van der Waals surface area contributed by atoms with E-state index in [1.807, 2.05) is 31.2 Å². The van der Waals surface area contributed by atoms with Gasteiger partial charge in [0, 0.05) is 18.5 Å². The molecule has 7 heteroatoms. The second kappa shape index (κ2) is 7.20.